The van der Waals surface area contributed by atoms with E-state index in [1.54, 1.807) is 35.4 Å². The standard InChI is InChI=1S/C27H22ClN7O2/c28-22-7-9-25(35-16-30-32-33-35)23(12-22)20-6-8-24(29-13-20)26(10-17-4-5-17)34-15-21(14-31-34)18-2-1-3-19(11-18)27(36)37/h1-3,6-9,11-17,26H,4-5,10H2,(H,36,37)/p+1. The lowest BCUT2D eigenvalue weighted by atomic mass is 10.0. The molecule has 3 heterocycles. The molecular weight excluding hydrogens is 490 g/mol. The summed E-state index contributed by atoms with van der Waals surface area (Å²) in [4.78, 5) is 16.3. The number of tetrazole rings is 1. The summed E-state index contributed by atoms with van der Waals surface area (Å²) in [6, 6.07) is 16.6. The van der Waals surface area contributed by atoms with E-state index in [0.29, 0.717) is 10.9 Å². The van der Waals surface area contributed by atoms with E-state index in [1.165, 1.54) is 12.8 Å². The van der Waals surface area contributed by atoms with Gasteiger partial charge in [0, 0.05) is 34.1 Å². The van der Waals surface area contributed by atoms with Crippen LogP contribution in [0.25, 0.3) is 27.9 Å². The molecule has 5 aromatic rings. The average Bonchev–Trinajstić information content (AvgIpc) is 3.36. The number of aromatic nitrogens is 7. The molecule has 3 aromatic heterocycles. The molecule has 1 atom stereocenters. The van der Waals surface area contributed by atoms with E-state index in [4.69, 9.17) is 16.6 Å². The fourth-order valence-electron chi connectivity index (χ4n) is 4.53. The van der Waals surface area contributed by atoms with E-state index in [1.807, 2.05) is 53.5 Å². The zero-order valence-corrected chi connectivity index (χ0v) is 20.5. The van der Waals surface area contributed by atoms with Gasteiger partial charge in [-0.2, -0.15) is 5.10 Å². The summed E-state index contributed by atoms with van der Waals surface area (Å²) in [7, 11) is 0. The van der Waals surface area contributed by atoms with Crippen LogP contribution in [0.2, 0.25) is 5.02 Å². The molecule has 0 amide bonds. The molecule has 10 heteroatoms. The van der Waals surface area contributed by atoms with Crippen LogP contribution in [0.15, 0.2) is 79.5 Å². The van der Waals surface area contributed by atoms with Gasteiger partial charge in [-0.15, -0.1) is 4.68 Å². The lowest BCUT2D eigenvalue weighted by Gasteiger charge is -2.17. The van der Waals surface area contributed by atoms with Crippen molar-refractivity contribution < 1.29 is 14.6 Å². The lowest BCUT2D eigenvalue weighted by Crippen LogP contribution is -2.32. The highest BCUT2D eigenvalue weighted by atomic mass is 35.5. The van der Waals surface area contributed by atoms with Crippen LogP contribution in [0.4, 0.5) is 0 Å². The predicted molar refractivity (Wildman–Crippen MR) is 136 cm³/mol. The number of carboxylic acids is 1. The number of aromatic carboxylic acids is 1. The Bertz CT molecular complexity index is 1560. The number of nitrogens with one attached hydrogen (secondary N) is 1. The maximum absolute atomic E-state index is 11.4. The van der Waals surface area contributed by atoms with Gasteiger partial charge in [-0.05, 0) is 54.3 Å². The Labute approximate surface area is 217 Å². The van der Waals surface area contributed by atoms with E-state index in [9.17, 15) is 9.90 Å². The Morgan fingerprint density at radius 3 is 2.73 bits per heavy atom. The number of pyridine rings is 1. The first-order chi connectivity index (χ1) is 18.0. The van der Waals surface area contributed by atoms with Crippen LogP contribution in [0.3, 0.4) is 0 Å². The molecule has 0 spiro atoms. The van der Waals surface area contributed by atoms with Crippen LogP contribution in [0, 0.1) is 5.92 Å². The third kappa shape index (κ3) is 4.85. The van der Waals surface area contributed by atoms with Gasteiger partial charge in [-0.25, -0.2) is 4.79 Å². The summed E-state index contributed by atoms with van der Waals surface area (Å²) in [5.41, 5.74) is 5.54. The van der Waals surface area contributed by atoms with Crippen molar-refractivity contribution in [2.24, 2.45) is 5.92 Å². The maximum Gasteiger partial charge on any atom is 0.335 e. The van der Waals surface area contributed by atoms with Gasteiger partial charge in [0.25, 0.3) is 6.33 Å². The van der Waals surface area contributed by atoms with Crippen molar-refractivity contribution in [1.82, 2.24) is 30.3 Å². The topological polar surface area (TPSA) is 113 Å². The van der Waals surface area contributed by atoms with Crippen molar-refractivity contribution in [2.45, 2.75) is 25.3 Å². The van der Waals surface area contributed by atoms with Crippen molar-refractivity contribution in [3.05, 3.63) is 95.8 Å². The largest absolute Gasteiger partial charge is 0.478 e. The summed E-state index contributed by atoms with van der Waals surface area (Å²) in [6.07, 6.45) is 10.6. The summed E-state index contributed by atoms with van der Waals surface area (Å²) >= 11 is 6.32. The minimum atomic E-state index is -0.949. The minimum absolute atomic E-state index is 0.0250. The van der Waals surface area contributed by atoms with Crippen molar-refractivity contribution >= 4 is 17.6 Å². The maximum atomic E-state index is 11.4. The van der Waals surface area contributed by atoms with E-state index < -0.39 is 5.97 Å². The molecular formula is C27H23ClN7O2+. The summed E-state index contributed by atoms with van der Waals surface area (Å²) in [5, 5.41) is 25.1. The first-order valence-corrected chi connectivity index (χ1v) is 12.3. The molecule has 1 unspecified atom stereocenters. The molecule has 1 saturated carbocycles. The molecule has 1 fully saturated rings. The summed E-state index contributed by atoms with van der Waals surface area (Å²) < 4.78 is 3.67. The quantitative estimate of drug-likeness (QED) is 0.290. The fourth-order valence-corrected chi connectivity index (χ4v) is 4.70. The van der Waals surface area contributed by atoms with E-state index in [0.717, 1.165) is 40.1 Å². The summed E-state index contributed by atoms with van der Waals surface area (Å²) in [6.45, 7) is 0. The Morgan fingerprint density at radius 1 is 1.11 bits per heavy atom. The third-order valence-corrected chi connectivity index (χ3v) is 6.89. The van der Waals surface area contributed by atoms with Gasteiger partial charge >= 0.3 is 5.97 Å². The van der Waals surface area contributed by atoms with Crippen LogP contribution in [0.5, 0.6) is 0 Å². The highest BCUT2D eigenvalue weighted by Gasteiger charge is 2.29. The second-order valence-corrected chi connectivity index (χ2v) is 9.66. The van der Waals surface area contributed by atoms with Gasteiger partial charge in [0.1, 0.15) is 10.8 Å². The normalized spacial score (nSPS) is 14.0. The highest BCUT2D eigenvalue weighted by molar-refractivity contribution is 6.31. The van der Waals surface area contributed by atoms with Gasteiger partial charge in [0.05, 0.1) is 23.5 Å². The number of halogens is 1. The number of aromatic amines is 1. The van der Waals surface area contributed by atoms with E-state index in [2.05, 4.69) is 20.6 Å². The summed E-state index contributed by atoms with van der Waals surface area (Å²) in [5.74, 6) is -0.298. The second kappa shape index (κ2) is 9.59. The van der Waals surface area contributed by atoms with Gasteiger partial charge in [-0.3, -0.25) is 9.67 Å². The molecule has 2 aromatic carbocycles. The van der Waals surface area contributed by atoms with Crippen molar-refractivity contribution in [1.29, 1.82) is 0 Å². The SMILES string of the molecule is O=C(O)c1cccc(-c2cnn(C(CC3CC3)c3ccc(-c4cc(Cl)ccc4-[n+]4cnn[nH]4)cn3)c2)c1. The van der Waals surface area contributed by atoms with Crippen LogP contribution >= 0.6 is 11.6 Å². The Kier molecular flexibility index (Phi) is 5.97. The monoisotopic (exact) mass is 512 g/mol. The first-order valence-electron chi connectivity index (χ1n) is 12.0. The number of rotatable bonds is 8. The van der Waals surface area contributed by atoms with Gasteiger partial charge < -0.3 is 5.11 Å². The molecule has 6 rings (SSSR count). The molecule has 0 radical (unpaired) electrons. The average molecular weight is 513 g/mol. The fraction of sp³-hybridized carbons (Fsp3) is 0.185. The van der Waals surface area contributed by atoms with Crippen molar-refractivity contribution in [3.63, 3.8) is 0 Å². The number of nitrogens with zero attached hydrogens (tertiary/aromatic N) is 6. The van der Waals surface area contributed by atoms with Crippen LogP contribution in [-0.4, -0.2) is 41.4 Å². The third-order valence-electron chi connectivity index (χ3n) is 6.65. The Morgan fingerprint density at radius 2 is 2.00 bits per heavy atom. The Balaban J connectivity index is 1.33. The van der Waals surface area contributed by atoms with Gasteiger partial charge in [0.2, 0.25) is 0 Å². The number of hydrogen-bond acceptors (Lipinski definition) is 5. The van der Waals surface area contributed by atoms with Gasteiger partial charge in [-0.1, -0.05) is 47.9 Å². The molecule has 0 aliphatic heterocycles. The van der Waals surface area contributed by atoms with Gasteiger partial charge in [0.15, 0.2) is 5.21 Å². The van der Waals surface area contributed by atoms with Crippen molar-refractivity contribution in [2.75, 3.05) is 0 Å². The first kappa shape index (κ1) is 23.1. The smallest absolute Gasteiger partial charge is 0.335 e. The second-order valence-electron chi connectivity index (χ2n) is 9.22. The van der Waals surface area contributed by atoms with E-state index >= 15 is 0 Å². The molecule has 37 heavy (non-hydrogen) atoms. The number of carbonyl (C=O) groups is 1. The number of H-pyrrole nitrogens is 1. The molecule has 1 aliphatic carbocycles. The predicted octanol–water partition coefficient (Wildman–Crippen LogP) is 4.75. The van der Waals surface area contributed by atoms with Crippen LogP contribution in [-0.2, 0) is 0 Å². The molecule has 1 aliphatic rings. The molecule has 184 valence electrons. The zero-order chi connectivity index (χ0) is 25.4. The van der Waals surface area contributed by atoms with Crippen LogP contribution < -0.4 is 4.68 Å². The number of carboxylic acid groups (broad SMARTS) is 1. The lowest BCUT2D eigenvalue weighted by molar-refractivity contribution is -0.659. The molecule has 0 bridgehead atoms. The van der Waals surface area contributed by atoms with Crippen molar-refractivity contribution in [3.8, 4) is 27.9 Å². The van der Waals surface area contributed by atoms with E-state index in [-0.39, 0.29) is 11.6 Å². The highest BCUT2D eigenvalue weighted by Crippen LogP contribution is 2.39. The molecule has 0 saturated heterocycles. The van der Waals surface area contributed by atoms with Crippen LogP contribution in [0.1, 0.15) is 41.4 Å². The number of hydrogen-bond donors (Lipinski definition) is 2. The zero-order valence-electron chi connectivity index (χ0n) is 19.7. The molecule has 2 N–H and O–H groups in total. The number of benzene rings is 2. The minimum Gasteiger partial charge on any atom is -0.478 e. The Hall–Kier alpha value is -4.37. The molecule has 9 nitrogen and oxygen atoms in total.